The third kappa shape index (κ3) is 3.75. The lowest BCUT2D eigenvalue weighted by atomic mass is 9.64. The van der Waals surface area contributed by atoms with Crippen LogP contribution in [0.25, 0.3) is 5.52 Å². The molecule has 2 aromatic rings. The zero-order valence-electron chi connectivity index (χ0n) is 17.8. The number of pyridine rings is 1. The molecule has 1 aliphatic carbocycles. The molecular weight excluding hydrogens is 447 g/mol. The molecule has 11 heteroatoms. The van der Waals surface area contributed by atoms with E-state index in [0.29, 0.717) is 19.1 Å². The van der Waals surface area contributed by atoms with Crippen molar-refractivity contribution < 1.29 is 17.9 Å². The first kappa shape index (κ1) is 22.2. The van der Waals surface area contributed by atoms with E-state index in [-0.39, 0.29) is 28.2 Å². The van der Waals surface area contributed by atoms with Gasteiger partial charge in [-0.15, -0.1) is 0 Å². The van der Waals surface area contributed by atoms with Gasteiger partial charge in [0.05, 0.1) is 42.2 Å². The number of aromatic nitrogens is 2. The van der Waals surface area contributed by atoms with E-state index in [1.807, 2.05) is 0 Å². The van der Waals surface area contributed by atoms with Crippen molar-refractivity contribution in [2.24, 2.45) is 11.3 Å². The van der Waals surface area contributed by atoms with E-state index in [0.717, 1.165) is 49.2 Å². The normalized spacial score (nSPS) is 28.8. The van der Waals surface area contributed by atoms with Crippen molar-refractivity contribution in [2.45, 2.75) is 50.5 Å². The van der Waals surface area contributed by atoms with Crippen LogP contribution in [0.5, 0.6) is 0 Å². The van der Waals surface area contributed by atoms with Crippen LogP contribution in [0.3, 0.4) is 0 Å². The van der Waals surface area contributed by atoms with Crippen molar-refractivity contribution in [2.75, 3.05) is 26.9 Å². The highest BCUT2D eigenvalue weighted by Gasteiger charge is 2.49. The smallest absolute Gasteiger partial charge is 0.380 e. The lowest BCUT2D eigenvalue weighted by Crippen LogP contribution is -2.54. The number of rotatable bonds is 4. The third-order valence-corrected chi connectivity index (χ3v) is 7.68. The standard InChI is InChI=1S/C21H27ClF3N5O2/c1-28-12-26-27-18(28)7-20(10-32-11-20)13-3-2-4-15(5-13)29-9-17-16(21(23,24)25)6-14(22)8-30(17)19(29)31/h6,8-9,13,15,18,26-27H,2-5,7,10-12H2,1H3. The van der Waals surface area contributed by atoms with Gasteiger partial charge in [-0.2, -0.15) is 13.2 Å². The third-order valence-electron chi connectivity index (χ3n) is 7.48. The van der Waals surface area contributed by atoms with Crippen molar-refractivity contribution in [3.05, 3.63) is 39.5 Å². The monoisotopic (exact) mass is 473 g/mol. The molecule has 2 N–H and O–H groups in total. The summed E-state index contributed by atoms with van der Waals surface area (Å²) < 4.78 is 48.9. The summed E-state index contributed by atoms with van der Waals surface area (Å²) in [5.41, 5.74) is 4.96. The minimum Gasteiger partial charge on any atom is -0.380 e. The van der Waals surface area contributed by atoms with Gasteiger partial charge in [0, 0.05) is 23.9 Å². The maximum absolute atomic E-state index is 13.6. The van der Waals surface area contributed by atoms with Gasteiger partial charge in [0.15, 0.2) is 0 Å². The van der Waals surface area contributed by atoms with Gasteiger partial charge in [-0.25, -0.2) is 15.6 Å². The molecule has 0 bridgehead atoms. The molecule has 0 amide bonds. The lowest BCUT2D eigenvalue weighted by molar-refractivity contribution is -0.167. The Hall–Kier alpha value is -1.59. The van der Waals surface area contributed by atoms with Crippen LogP contribution in [0.1, 0.15) is 43.7 Å². The van der Waals surface area contributed by atoms with Crippen molar-refractivity contribution in [3.8, 4) is 0 Å². The first-order valence-corrected chi connectivity index (χ1v) is 11.3. The highest BCUT2D eigenvalue weighted by atomic mass is 35.5. The number of hydrogen-bond donors (Lipinski definition) is 2. The van der Waals surface area contributed by atoms with E-state index in [9.17, 15) is 18.0 Å². The number of ether oxygens (including phenoxy) is 1. The largest absolute Gasteiger partial charge is 0.418 e. The molecule has 7 nitrogen and oxygen atoms in total. The highest BCUT2D eigenvalue weighted by Crippen LogP contribution is 2.49. The van der Waals surface area contributed by atoms with Crippen LogP contribution in [0, 0.1) is 11.3 Å². The first-order chi connectivity index (χ1) is 15.2. The molecule has 3 unspecified atom stereocenters. The van der Waals surface area contributed by atoms with Crippen LogP contribution >= 0.6 is 11.6 Å². The Kier molecular flexibility index (Phi) is 5.57. The SMILES string of the molecule is CN1CNNC1CC1(C2CCCC(n3cc4c(C(F)(F)F)cc(Cl)cn4c3=O)C2)COC1. The lowest BCUT2D eigenvalue weighted by Gasteiger charge is -2.51. The minimum absolute atomic E-state index is 0.0137. The molecule has 176 valence electrons. The maximum Gasteiger partial charge on any atom is 0.418 e. The van der Waals surface area contributed by atoms with Gasteiger partial charge in [0.25, 0.3) is 0 Å². The molecular formula is C21H27ClF3N5O2. The van der Waals surface area contributed by atoms with Crippen molar-refractivity contribution in [1.82, 2.24) is 24.7 Å². The number of nitrogens with one attached hydrogen (secondary N) is 2. The molecule has 32 heavy (non-hydrogen) atoms. The molecule has 4 heterocycles. The van der Waals surface area contributed by atoms with Gasteiger partial charge < -0.3 is 4.74 Å². The molecule has 0 aromatic carbocycles. The molecule has 3 atom stereocenters. The van der Waals surface area contributed by atoms with Crippen LogP contribution in [0.2, 0.25) is 5.02 Å². The Morgan fingerprint density at radius 3 is 2.69 bits per heavy atom. The number of alkyl halides is 3. The van der Waals surface area contributed by atoms with Crippen molar-refractivity contribution >= 4 is 17.1 Å². The number of hydrazine groups is 1. The summed E-state index contributed by atoms with van der Waals surface area (Å²) in [6, 6.07) is 0.732. The minimum atomic E-state index is -4.59. The summed E-state index contributed by atoms with van der Waals surface area (Å²) >= 11 is 5.90. The summed E-state index contributed by atoms with van der Waals surface area (Å²) in [7, 11) is 2.06. The van der Waals surface area contributed by atoms with Gasteiger partial charge in [-0.1, -0.05) is 18.0 Å². The van der Waals surface area contributed by atoms with Crippen LogP contribution in [0.4, 0.5) is 13.2 Å². The molecule has 3 fully saturated rings. The summed E-state index contributed by atoms with van der Waals surface area (Å²) in [6.07, 6.45) is 2.63. The van der Waals surface area contributed by atoms with E-state index >= 15 is 0 Å². The second-order valence-corrected chi connectivity index (χ2v) is 9.91. The van der Waals surface area contributed by atoms with Crippen molar-refractivity contribution in [3.63, 3.8) is 0 Å². The van der Waals surface area contributed by atoms with Crippen LogP contribution in [0.15, 0.2) is 23.3 Å². The topological polar surface area (TPSA) is 62.9 Å². The Morgan fingerprint density at radius 2 is 2.06 bits per heavy atom. The first-order valence-electron chi connectivity index (χ1n) is 10.9. The van der Waals surface area contributed by atoms with Gasteiger partial charge in [0.2, 0.25) is 0 Å². The Balaban J connectivity index is 1.44. The molecule has 5 rings (SSSR count). The van der Waals surface area contributed by atoms with Crippen molar-refractivity contribution in [1.29, 1.82) is 0 Å². The summed E-state index contributed by atoms with van der Waals surface area (Å²) in [5.74, 6) is 0.339. The van der Waals surface area contributed by atoms with Crippen LogP contribution in [-0.4, -0.2) is 47.0 Å². The quantitative estimate of drug-likeness (QED) is 0.714. The van der Waals surface area contributed by atoms with Gasteiger partial charge in [-0.3, -0.25) is 13.9 Å². The van der Waals surface area contributed by atoms with E-state index < -0.39 is 17.4 Å². The van der Waals surface area contributed by atoms with E-state index in [2.05, 4.69) is 22.8 Å². The van der Waals surface area contributed by atoms with Crippen LogP contribution in [-0.2, 0) is 10.9 Å². The number of nitrogens with zero attached hydrogens (tertiary/aromatic N) is 3. The van der Waals surface area contributed by atoms with E-state index in [4.69, 9.17) is 16.3 Å². The Labute approximate surface area is 188 Å². The fourth-order valence-corrected chi connectivity index (χ4v) is 5.83. The number of halogens is 4. The predicted octanol–water partition coefficient (Wildman–Crippen LogP) is 3.23. The molecule has 3 aliphatic rings. The molecule has 0 radical (unpaired) electrons. The maximum atomic E-state index is 13.6. The number of hydrogen-bond acceptors (Lipinski definition) is 5. The fraction of sp³-hybridized carbons (Fsp3) is 0.667. The van der Waals surface area contributed by atoms with Gasteiger partial charge in [-0.05, 0) is 44.7 Å². The summed E-state index contributed by atoms with van der Waals surface area (Å²) in [5, 5.41) is -0.112. The molecule has 1 saturated carbocycles. The highest BCUT2D eigenvalue weighted by molar-refractivity contribution is 6.30. The average Bonchev–Trinajstić information content (AvgIpc) is 3.26. The number of fused-ring (bicyclic) bond motifs is 1. The van der Waals surface area contributed by atoms with Gasteiger partial charge >= 0.3 is 11.9 Å². The Bertz CT molecular complexity index is 1060. The molecule has 2 aromatic heterocycles. The Morgan fingerprint density at radius 1 is 1.28 bits per heavy atom. The zero-order chi connectivity index (χ0) is 22.7. The van der Waals surface area contributed by atoms with E-state index in [1.54, 1.807) is 0 Å². The molecule has 2 aliphatic heterocycles. The predicted molar refractivity (Wildman–Crippen MR) is 113 cm³/mol. The summed E-state index contributed by atoms with van der Waals surface area (Å²) in [4.78, 5) is 15.3. The van der Waals surface area contributed by atoms with E-state index in [1.165, 1.54) is 17.0 Å². The molecule has 2 saturated heterocycles. The summed E-state index contributed by atoms with van der Waals surface area (Å²) in [6.45, 7) is 2.12. The van der Waals surface area contributed by atoms with Gasteiger partial charge in [0.1, 0.15) is 0 Å². The second kappa shape index (κ2) is 8.02. The molecule has 0 spiro atoms. The second-order valence-electron chi connectivity index (χ2n) is 9.47. The fourth-order valence-electron chi connectivity index (χ4n) is 5.62. The zero-order valence-corrected chi connectivity index (χ0v) is 18.5. The number of imidazole rings is 1. The average molecular weight is 474 g/mol. The van der Waals surface area contributed by atoms with Crippen LogP contribution < -0.4 is 16.5 Å².